The molecule has 0 saturated carbocycles. The highest BCUT2D eigenvalue weighted by Crippen LogP contribution is 2.32. The Hall–Kier alpha value is -3.51. The molecule has 4 rings (SSSR count). The molecule has 8 nitrogen and oxygen atoms in total. The molecule has 13 heteroatoms. The fraction of sp³-hybridized carbons (Fsp3) is 0.190. The van der Waals surface area contributed by atoms with E-state index in [0.717, 1.165) is 23.5 Å². The summed E-state index contributed by atoms with van der Waals surface area (Å²) in [5, 5.41) is 8.43. The predicted molar refractivity (Wildman–Crippen MR) is 119 cm³/mol. The van der Waals surface area contributed by atoms with Crippen LogP contribution >= 0.6 is 22.9 Å². The zero-order valence-corrected chi connectivity index (χ0v) is 19.0. The summed E-state index contributed by atoms with van der Waals surface area (Å²) in [5.74, 6) is -1.24. The number of hydrogen-bond acceptors (Lipinski definition) is 7. The van der Waals surface area contributed by atoms with E-state index < -0.39 is 23.7 Å². The van der Waals surface area contributed by atoms with E-state index >= 15 is 0 Å². The van der Waals surface area contributed by atoms with E-state index in [9.17, 15) is 22.8 Å². The number of benzene rings is 1. The first-order valence-corrected chi connectivity index (χ1v) is 11.0. The van der Waals surface area contributed by atoms with Gasteiger partial charge in [0.25, 0.3) is 5.91 Å². The second-order valence-electron chi connectivity index (χ2n) is 6.91. The summed E-state index contributed by atoms with van der Waals surface area (Å²) >= 11 is 6.91. The second-order valence-corrected chi connectivity index (χ2v) is 8.21. The van der Waals surface area contributed by atoms with E-state index in [1.165, 1.54) is 12.1 Å². The molecule has 0 aliphatic rings. The Kier molecular flexibility index (Phi) is 6.53. The first-order valence-electron chi connectivity index (χ1n) is 9.79. The van der Waals surface area contributed by atoms with E-state index in [1.807, 2.05) is 0 Å². The predicted octanol–water partition coefficient (Wildman–Crippen LogP) is 4.88. The van der Waals surface area contributed by atoms with E-state index in [-0.39, 0.29) is 35.2 Å². The molecule has 1 amide bonds. The standard InChI is InChI=1S/C21H15ClF3N5O3S/c1-2-33-18(31)7-13-10-34-20(26-13)28-19(32)15-9-17-27-14(11-3-5-12(22)6-4-11)8-16(21(23,24)25)30(17)29-15/h3-6,8-10H,2,7H2,1H3,(H,26,28,32). The Morgan fingerprint density at radius 1 is 1.18 bits per heavy atom. The summed E-state index contributed by atoms with van der Waals surface area (Å²) in [5.41, 5.74) is -0.677. The number of ether oxygens (including phenoxy) is 1. The van der Waals surface area contributed by atoms with Gasteiger partial charge in [-0.3, -0.25) is 14.9 Å². The molecule has 1 aromatic carbocycles. The number of amides is 1. The molecule has 3 heterocycles. The van der Waals surface area contributed by atoms with Crippen LogP contribution in [0.15, 0.2) is 41.8 Å². The van der Waals surface area contributed by atoms with Crippen LogP contribution in [0.5, 0.6) is 0 Å². The number of nitrogens with zero attached hydrogens (tertiary/aromatic N) is 4. The minimum absolute atomic E-state index is 0.0480. The maximum atomic E-state index is 13.7. The largest absolute Gasteiger partial charge is 0.466 e. The van der Waals surface area contributed by atoms with Crippen molar-refractivity contribution in [2.24, 2.45) is 0 Å². The number of esters is 1. The van der Waals surface area contributed by atoms with E-state index in [2.05, 4.69) is 20.4 Å². The number of rotatable bonds is 6. The van der Waals surface area contributed by atoms with Gasteiger partial charge in [0.05, 0.1) is 24.4 Å². The van der Waals surface area contributed by atoms with Gasteiger partial charge in [-0.25, -0.2) is 14.5 Å². The first kappa shape index (κ1) is 23.6. The topological polar surface area (TPSA) is 98.5 Å². The molecule has 0 spiro atoms. The van der Waals surface area contributed by atoms with Crippen molar-refractivity contribution in [3.05, 3.63) is 63.9 Å². The second kappa shape index (κ2) is 9.39. The number of fused-ring (bicyclic) bond motifs is 1. The molecule has 0 saturated heterocycles. The van der Waals surface area contributed by atoms with Crippen molar-refractivity contribution in [3.63, 3.8) is 0 Å². The summed E-state index contributed by atoms with van der Waals surface area (Å²) in [6.45, 7) is 1.91. The smallest absolute Gasteiger partial charge is 0.433 e. The van der Waals surface area contributed by atoms with Gasteiger partial charge in [-0.05, 0) is 25.1 Å². The Balaban J connectivity index is 1.63. The number of anilines is 1. The van der Waals surface area contributed by atoms with Gasteiger partial charge in [-0.2, -0.15) is 18.3 Å². The van der Waals surface area contributed by atoms with Gasteiger partial charge in [0.15, 0.2) is 22.2 Å². The summed E-state index contributed by atoms with van der Waals surface area (Å²) in [4.78, 5) is 32.5. The number of halogens is 4. The average Bonchev–Trinajstić information content (AvgIpc) is 3.39. The Labute approximate surface area is 199 Å². The van der Waals surface area contributed by atoms with Gasteiger partial charge in [0.2, 0.25) is 0 Å². The zero-order valence-electron chi connectivity index (χ0n) is 17.4. The summed E-state index contributed by atoms with van der Waals surface area (Å²) in [7, 11) is 0. The summed E-state index contributed by atoms with van der Waals surface area (Å²) < 4.78 is 46.6. The van der Waals surface area contributed by atoms with Crippen LogP contribution in [0.2, 0.25) is 5.02 Å². The Morgan fingerprint density at radius 2 is 1.91 bits per heavy atom. The molecule has 3 aromatic heterocycles. The van der Waals surface area contributed by atoms with Crippen LogP contribution in [0, 0.1) is 0 Å². The van der Waals surface area contributed by atoms with Gasteiger partial charge >= 0.3 is 12.1 Å². The van der Waals surface area contributed by atoms with Crippen LogP contribution in [0.1, 0.15) is 28.8 Å². The fourth-order valence-corrected chi connectivity index (χ4v) is 3.85. The lowest BCUT2D eigenvalue weighted by Gasteiger charge is -2.11. The summed E-state index contributed by atoms with van der Waals surface area (Å²) in [6, 6.07) is 8.17. The highest BCUT2D eigenvalue weighted by Gasteiger charge is 2.35. The van der Waals surface area contributed by atoms with Crippen LogP contribution in [-0.4, -0.2) is 38.1 Å². The summed E-state index contributed by atoms with van der Waals surface area (Å²) in [6.07, 6.45) is -4.82. The maximum absolute atomic E-state index is 13.7. The van der Waals surface area contributed by atoms with Gasteiger partial charge < -0.3 is 4.74 Å². The average molecular weight is 510 g/mol. The van der Waals surface area contributed by atoms with E-state index in [1.54, 1.807) is 24.4 Å². The minimum atomic E-state index is -4.75. The highest BCUT2D eigenvalue weighted by atomic mass is 35.5. The Bertz CT molecular complexity index is 1370. The van der Waals surface area contributed by atoms with Gasteiger partial charge in [-0.15, -0.1) is 11.3 Å². The Morgan fingerprint density at radius 3 is 2.59 bits per heavy atom. The third-order valence-electron chi connectivity index (χ3n) is 4.49. The monoisotopic (exact) mass is 509 g/mol. The third kappa shape index (κ3) is 5.18. The maximum Gasteiger partial charge on any atom is 0.433 e. The molecule has 0 fully saturated rings. The number of nitrogens with one attached hydrogen (secondary N) is 1. The number of carbonyl (C=O) groups is 2. The van der Waals surface area contributed by atoms with Crippen molar-refractivity contribution in [1.29, 1.82) is 0 Å². The molecule has 176 valence electrons. The van der Waals surface area contributed by atoms with Crippen molar-refractivity contribution in [2.75, 3.05) is 11.9 Å². The van der Waals surface area contributed by atoms with Gasteiger partial charge in [-0.1, -0.05) is 23.7 Å². The minimum Gasteiger partial charge on any atom is -0.466 e. The normalized spacial score (nSPS) is 11.6. The molecule has 0 unspecified atom stereocenters. The number of thiazole rings is 1. The van der Waals surface area contributed by atoms with Crippen molar-refractivity contribution < 1.29 is 27.5 Å². The van der Waals surface area contributed by atoms with E-state index in [4.69, 9.17) is 16.3 Å². The molecule has 0 atom stereocenters. The first-order chi connectivity index (χ1) is 16.1. The van der Waals surface area contributed by atoms with E-state index in [0.29, 0.717) is 20.8 Å². The molecule has 0 radical (unpaired) electrons. The lowest BCUT2D eigenvalue weighted by Crippen LogP contribution is -2.16. The molecule has 34 heavy (non-hydrogen) atoms. The lowest BCUT2D eigenvalue weighted by molar-refractivity contribution is -0.143. The van der Waals surface area contributed by atoms with Crippen LogP contribution in [0.3, 0.4) is 0 Å². The van der Waals surface area contributed by atoms with Crippen LogP contribution < -0.4 is 5.32 Å². The van der Waals surface area contributed by atoms with Crippen LogP contribution in [0.25, 0.3) is 16.9 Å². The van der Waals surface area contributed by atoms with Crippen LogP contribution in [-0.2, 0) is 22.1 Å². The molecular formula is C21H15ClF3N5O3S. The third-order valence-corrected chi connectivity index (χ3v) is 5.55. The molecular weight excluding hydrogens is 495 g/mol. The lowest BCUT2D eigenvalue weighted by atomic mass is 10.1. The van der Waals surface area contributed by atoms with Crippen molar-refractivity contribution >= 4 is 45.6 Å². The highest BCUT2D eigenvalue weighted by molar-refractivity contribution is 7.14. The molecule has 4 aromatic rings. The number of alkyl halides is 3. The molecule has 0 aliphatic heterocycles. The molecule has 0 aliphatic carbocycles. The van der Waals surface area contributed by atoms with Crippen molar-refractivity contribution in [1.82, 2.24) is 19.6 Å². The van der Waals surface area contributed by atoms with Crippen molar-refractivity contribution in [3.8, 4) is 11.3 Å². The quantitative estimate of drug-likeness (QED) is 0.372. The number of aromatic nitrogens is 4. The van der Waals surface area contributed by atoms with Crippen molar-refractivity contribution in [2.45, 2.75) is 19.5 Å². The molecule has 1 N–H and O–H groups in total. The number of carbonyl (C=O) groups excluding carboxylic acids is 2. The number of hydrogen-bond donors (Lipinski definition) is 1. The zero-order chi connectivity index (χ0) is 24.5. The SMILES string of the molecule is CCOC(=O)Cc1csc(NC(=O)c2cc3nc(-c4ccc(Cl)cc4)cc(C(F)(F)F)n3n2)n1. The van der Waals surface area contributed by atoms with Crippen LogP contribution in [0.4, 0.5) is 18.3 Å². The van der Waals surface area contributed by atoms with Gasteiger partial charge in [0.1, 0.15) is 0 Å². The molecule has 0 bridgehead atoms. The fourth-order valence-electron chi connectivity index (χ4n) is 3.02. The van der Waals surface area contributed by atoms with Gasteiger partial charge in [0, 0.05) is 22.0 Å².